The van der Waals surface area contributed by atoms with Gasteiger partial charge >= 0.3 is 0 Å². The van der Waals surface area contributed by atoms with Gasteiger partial charge in [-0.15, -0.1) is 0 Å². The van der Waals surface area contributed by atoms with Crippen LogP contribution in [0, 0.1) is 5.92 Å². The first-order chi connectivity index (χ1) is 7.15. The number of amides is 1. The molecular formula is C11H22N2OS. The van der Waals surface area contributed by atoms with E-state index >= 15 is 0 Å². The molecule has 3 atom stereocenters. The molecule has 1 aliphatic heterocycles. The lowest BCUT2D eigenvalue weighted by Gasteiger charge is -2.29. The van der Waals surface area contributed by atoms with Crippen LogP contribution in [0.4, 0.5) is 0 Å². The van der Waals surface area contributed by atoms with Crippen LogP contribution in [0.2, 0.25) is 0 Å². The smallest absolute Gasteiger partial charge is 0.237 e. The minimum atomic E-state index is 0.0211. The van der Waals surface area contributed by atoms with Crippen molar-refractivity contribution in [1.82, 2.24) is 10.6 Å². The monoisotopic (exact) mass is 230 g/mol. The summed E-state index contributed by atoms with van der Waals surface area (Å²) in [6.45, 7) is 6.02. The summed E-state index contributed by atoms with van der Waals surface area (Å²) in [6, 6.07) is 0.0211. The minimum absolute atomic E-state index is 0.0211. The highest BCUT2D eigenvalue weighted by Crippen LogP contribution is 2.15. The fraction of sp³-hybridized carbons (Fsp3) is 0.909. The number of thioether (sulfide) groups is 1. The van der Waals surface area contributed by atoms with E-state index in [4.69, 9.17) is 0 Å². The van der Waals surface area contributed by atoms with Gasteiger partial charge in [-0.05, 0) is 31.6 Å². The van der Waals surface area contributed by atoms with E-state index in [1.54, 1.807) is 11.8 Å². The molecule has 0 aromatic heterocycles. The molecule has 1 heterocycles. The topological polar surface area (TPSA) is 41.1 Å². The number of nitrogens with one attached hydrogen (secondary N) is 2. The zero-order valence-electron chi connectivity index (χ0n) is 9.88. The second kappa shape index (κ2) is 6.38. The molecule has 1 saturated heterocycles. The summed E-state index contributed by atoms with van der Waals surface area (Å²) in [4.78, 5) is 11.8. The van der Waals surface area contributed by atoms with Gasteiger partial charge < -0.3 is 10.6 Å². The Morgan fingerprint density at radius 2 is 2.40 bits per heavy atom. The molecule has 0 aromatic carbocycles. The molecule has 3 nitrogen and oxygen atoms in total. The molecule has 0 aromatic rings. The Morgan fingerprint density at radius 1 is 1.67 bits per heavy atom. The van der Waals surface area contributed by atoms with Gasteiger partial charge in [-0.3, -0.25) is 4.79 Å². The molecule has 2 N–H and O–H groups in total. The van der Waals surface area contributed by atoms with Crippen molar-refractivity contribution in [3.8, 4) is 0 Å². The van der Waals surface area contributed by atoms with E-state index in [1.165, 1.54) is 6.42 Å². The number of rotatable bonds is 4. The van der Waals surface area contributed by atoms with Crippen LogP contribution < -0.4 is 10.6 Å². The van der Waals surface area contributed by atoms with Crippen LogP contribution in [0.15, 0.2) is 0 Å². The van der Waals surface area contributed by atoms with Crippen molar-refractivity contribution in [1.29, 1.82) is 0 Å². The van der Waals surface area contributed by atoms with Gasteiger partial charge in [0, 0.05) is 11.8 Å². The lowest BCUT2D eigenvalue weighted by Crippen LogP contribution is -2.51. The van der Waals surface area contributed by atoms with Crippen LogP contribution in [-0.4, -0.2) is 36.5 Å². The second-order valence-corrected chi connectivity index (χ2v) is 5.62. The Labute approximate surface area is 96.8 Å². The van der Waals surface area contributed by atoms with Gasteiger partial charge in [0.25, 0.3) is 0 Å². The van der Waals surface area contributed by atoms with E-state index in [0.717, 1.165) is 19.5 Å². The molecule has 1 rings (SSSR count). The summed E-state index contributed by atoms with van der Waals surface area (Å²) in [5.41, 5.74) is 0. The van der Waals surface area contributed by atoms with Crippen molar-refractivity contribution in [3.05, 3.63) is 0 Å². The average molecular weight is 230 g/mol. The maximum atomic E-state index is 11.8. The molecule has 15 heavy (non-hydrogen) atoms. The average Bonchev–Trinajstić information content (AvgIpc) is 2.26. The lowest BCUT2D eigenvalue weighted by molar-refractivity contribution is -0.124. The lowest BCUT2D eigenvalue weighted by atomic mass is 9.92. The van der Waals surface area contributed by atoms with E-state index in [-0.39, 0.29) is 11.9 Å². The predicted octanol–water partition coefficient (Wildman–Crippen LogP) is 1.24. The summed E-state index contributed by atoms with van der Waals surface area (Å²) in [5, 5.41) is 6.80. The molecule has 3 unspecified atom stereocenters. The van der Waals surface area contributed by atoms with Crippen LogP contribution in [-0.2, 0) is 4.79 Å². The molecule has 88 valence electrons. The highest BCUT2D eigenvalue weighted by Gasteiger charge is 2.27. The largest absolute Gasteiger partial charge is 0.354 e. The fourth-order valence-corrected chi connectivity index (χ4v) is 2.09. The van der Waals surface area contributed by atoms with E-state index in [0.29, 0.717) is 11.2 Å². The van der Waals surface area contributed by atoms with Crippen molar-refractivity contribution in [2.75, 3.05) is 19.3 Å². The second-order valence-electron chi connectivity index (χ2n) is 4.34. The molecular weight excluding hydrogens is 208 g/mol. The van der Waals surface area contributed by atoms with Gasteiger partial charge in [-0.1, -0.05) is 13.8 Å². The molecule has 1 amide bonds. The minimum Gasteiger partial charge on any atom is -0.354 e. The third-order valence-corrected chi connectivity index (χ3v) is 3.99. The van der Waals surface area contributed by atoms with Crippen LogP contribution in [0.5, 0.6) is 0 Å². The number of carbonyl (C=O) groups excluding carboxylic acids is 1. The van der Waals surface area contributed by atoms with Gasteiger partial charge in [0.15, 0.2) is 0 Å². The number of carbonyl (C=O) groups is 1. The highest BCUT2D eigenvalue weighted by atomic mass is 32.2. The van der Waals surface area contributed by atoms with Crippen LogP contribution in [0.1, 0.15) is 26.7 Å². The van der Waals surface area contributed by atoms with Gasteiger partial charge in [-0.25, -0.2) is 0 Å². The third kappa shape index (κ3) is 4.03. The molecule has 1 aliphatic rings. The van der Waals surface area contributed by atoms with Crippen LogP contribution >= 0.6 is 11.8 Å². The normalized spacial score (nSPS) is 28.5. The number of piperidine rings is 1. The maximum Gasteiger partial charge on any atom is 0.237 e. The Morgan fingerprint density at radius 3 is 3.00 bits per heavy atom. The van der Waals surface area contributed by atoms with E-state index < -0.39 is 0 Å². The highest BCUT2D eigenvalue weighted by molar-refractivity contribution is 7.99. The van der Waals surface area contributed by atoms with Crippen molar-refractivity contribution in [2.24, 2.45) is 5.92 Å². The number of hydrogen-bond donors (Lipinski definition) is 2. The molecule has 0 saturated carbocycles. The summed E-state index contributed by atoms with van der Waals surface area (Å²) < 4.78 is 0. The quantitative estimate of drug-likeness (QED) is 0.763. The molecule has 0 bridgehead atoms. The molecule has 0 spiro atoms. The summed E-state index contributed by atoms with van der Waals surface area (Å²) >= 11 is 1.78. The fourth-order valence-electron chi connectivity index (χ4n) is 1.84. The van der Waals surface area contributed by atoms with Crippen molar-refractivity contribution < 1.29 is 4.79 Å². The zero-order valence-corrected chi connectivity index (χ0v) is 10.7. The Kier molecular flexibility index (Phi) is 5.47. The first-order valence-corrected chi connectivity index (χ1v) is 6.97. The Hall–Kier alpha value is -0.220. The van der Waals surface area contributed by atoms with Crippen molar-refractivity contribution in [3.63, 3.8) is 0 Å². The molecule has 1 fully saturated rings. The van der Waals surface area contributed by atoms with Gasteiger partial charge in [-0.2, -0.15) is 11.8 Å². The maximum absolute atomic E-state index is 11.8. The third-order valence-electron chi connectivity index (χ3n) is 3.02. The van der Waals surface area contributed by atoms with Crippen molar-refractivity contribution in [2.45, 2.75) is 38.0 Å². The Bertz CT molecular complexity index is 211. The molecule has 0 radical (unpaired) electrons. The summed E-state index contributed by atoms with van der Waals surface area (Å²) in [5.74, 6) is 0.631. The molecule has 0 aliphatic carbocycles. The SMILES string of the molecule is CSC(C)CNC(=O)C1NCCCC1C. The predicted molar refractivity (Wildman–Crippen MR) is 66.2 cm³/mol. The van der Waals surface area contributed by atoms with Gasteiger partial charge in [0.1, 0.15) is 0 Å². The van der Waals surface area contributed by atoms with Crippen LogP contribution in [0.3, 0.4) is 0 Å². The summed E-state index contributed by atoms with van der Waals surface area (Å²) in [7, 11) is 0. The standard InChI is InChI=1S/C11H22N2OS/c1-8-5-4-6-12-10(8)11(14)13-7-9(2)15-3/h8-10,12H,4-7H2,1-3H3,(H,13,14). The number of hydrogen-bond acceptors (Lipinski definition) is 3. The Balaban J connectivity index is 2.32. The zero-order chi connectivity index (χ0) is 11.3. The summed E-state index contributed by atoms with van der Waals surface area (Å²) in [6.07, 6.45) is 4.41. The van der Waals surface area contributed by atoms with E-state index in [2.05, 4.69) is 30.7 Å². The van der Waals surface area contributed by atoms with Crippen LogP contribution in [0.25, 0.3) is 0 Å². The first kappa shape index (κ1) is 12.8. The first-order valence-electron chi connectivity index (χ1n) is 5.69. The van der Waals surface area contributed by atoms with E-state index in [1.807, 2.05) is 0 Å². The van der Waals surface area contributed by atoms with Crippen molar-refractivity contribution >= 4 is 17.7 Å². The van der Waals surface area contributed by atoms with Gasteiger partial charge in [0.05, 0.1) is 6.04 Å². The molecule has 4 heteroatoms. The van der Waals surface area contributed by atoms with Gasteiger partial charge in [0.2, 0.25) is 5.91 Å². The van der Waals surface area contributed by atoms with E-state index in [9.17, 15) is 4.79 Å².